The molecule has 0 saturated heterocycles. The lowest BCUT2D eigenvalue weighted by molar-refractivity contribution is -0.274. The summed E-state index contributed by atoms with van der Waals surface area (Å²) in [6, 6.07) is 4.13. The monoisotopic (exact) mass is 238 g/mol. The number of hydrogen-bond acceptors (Lipinski definition) is 1. The molecule has 0 aliphatic carbocycles. The van der Waals surface area contributed by atoms with E-state index in [0.29, 0.717) is 6.42 Å². The highest BCUT2D eigenvalue weighted by Gasteiger charge is 2.31. The van der Waals surface area contributed by atoms with Gasteiger partial charge in [-0.1, -0.05) is 24.9 Å². The van der Waals surface area contributed by atoms with Crippen LogP contribution in [0.5, 0.6) is 5.75 Å². The number of benzene rings is 1. The maximum Gasteiger partial charge on any atom is 0.573 e. The second-order valence-corrected chi connectivity index (χ2v) is 3.53. The van der Waals surface area contributed by atoms with E-state index in [1.54, 1.807) is 6.07 Å². The highest BCUT2D eigenvalue weighted by atomic mass is 35.5. The molecule has 1 nitrogen and oxygen atoms in total. The second-order valence-electron chi connectivity index (χ2n) is 3.09. The fraction of sp³-hybridized carbons (Fsp3) is 0.400. The molecule has 15 heavy (non-hydrogen) atoms. The van der Waals surface area contributed by atoms with Gasteiger partial charge in [0.1, 0.15) is 5.75 Å². The average Bonchev–Trinajstić information content (AvgIpc) is 1.99. The van der Waals surface area contributed by atoms with Crippen LogP contribution >= 0.6 is 11.6 Å². The van der Waals surface area contributed by atoms with Gasteiger partial charge >= 0.3 is 6.36 Å². The lowest BCUT2D eigenvalue weighted by atomic mass is 10.1. The van der Waals surface area contributed by atoms with Crippen molar-refractivity contribution in [1.82, 2.24) is 0 Å². The van der Waals surface area contributed by atoms with E-state index in [1.165, 1.54) is 6.07 Å². The van der Waals surface area contributed by atoms with Gasteiger partial charge in [0, 0.05) is 5.02 Å². The van der Waals surface area contributed by atoms with Crippen LogP contribution in [0.4, 0.5) is 13.2 Å². The topological polar surface area (TPSA) is 9.23 Å². The summed E-state index contributed by atoms with van der Waals surface area (Å²) >= 11 is 5.67. The van der Waals surface area contributed by atoms with Gasteiger partial charge in [0.25, 0.3) is 0 Å². The van der Waals surface area contributed by atoms with Gasteiger partial charge in [-0.25, -0.2) is 0 Å². The number of aryl methyl sites for hydroxylation is 1. The molecule has 0 bridgehead atoms. The van der Waals surface area contributed by atoms with Crippen LogP contribution in [0.2, 0.25) is 5.02 Å². The Kier molecular flexibility index (Phi) is 3.85. The summed E-state index contributed by atoms with van der Waals surface area (Å²) in [6.45, 7) is 1.94. The minimum absolute atomic E-state index is 0.250. The number of ether oxygens (including phenoxy) is 1. The van der Waals surface area contributed by atoms with Gasteiger partial charge in [0.15, 0.2) is 0 Å². The molecule has 0 amide bonds. The predicted octanol–water partition coefficient (Wildman–Crippen LogP) is 4.19. The Hall–Kier alpha value is -0.900. The molecular weight excluding hydrogens is 229 g/mol. The van der Waals surface area contributed by atoms with Crippen molar-refractivity contribution < 1.29 is 17.9 Å². The van der Waals surface area contributed by atoms with Crippen molar-refractivity contribution in [2.24, 2.45) is 0 Å². The van der Waals surface area contributed by atoms with Crippen LogP contribution in [-0.2, 0) is 6.42 Å². The first-order valence-corrected chi connectivity index (χ1v) is 4.83. The Morgan fingerprint density at radius 2 is 1.93 bits per heavy atom. The van der Waals surface area contributed by atoms with Gasteiger partial charge in [-0.2, -0.15) is 0 Å². The van der Waals surface area contributed by atoms with Crippen LogP contribution < -0.4 is 4.74 Å². The fourth-order valence-corrected chi connectivity index (χ4v) is 1.49. The van der Waals surface area contributed by atoms with Crippen molar-refractivity contribution in [3.8, 4) is 5.75 Å². The third-order valence-electron chi connectivity index (χ3n) is 1.70. The van der Waals surface area contributed by atoms with Gasteiger partial charge in [-0.05, 0) is 30.2 Å². The van der Waals surface area contributed by atoms with Crippen molar-refractivity contribution in [2.75, 3.05) is 0 Å². The largest absolute Gasteiger partial charge is 0.573 e. The lowest BCUT2D eigenvalue weighted by Gasteiger charge is -2.10. The lowest BCUT2D eigenvalue weighted by Crippen LogP contribution is -2.17. The molecule has 84 valence electrons. The van der Waals surface area contributed by atoms with Gasteiger partial charge in [-0.3, -0.25) is 0 Å². The smallest absolute Gasteiger partial charge is 0.406 e. The molecule has 0 spiro atoms. The van der Waals surface area contributed by atoms with Crippen LogP contribution in [0.3, 0.4) is 0 Å². The minimum Gasteiger partial charge on any atom is -0.406 e. The first-order chi connectivity index (χ1) is 6.90. The van der Waals surface area contributed by atoms with Crippen LogP contribution in [0, 0.1) is 0 Å². The number of halogens is 4. The highest BCUT2D eigenvalue weighted by Crippen LogP contribution is 2.27. The molecule has 1 aromatic carbocycles. The van der Waals surface area contributed by atoms with Crippen molar-refractivity contribution in [1.29, 1.82) is 0 Å². The first kappa shape index (κ1) is 12.2. The van der Waals surface area contributed by atoms with E-state index in [1.807, 2.05) is 6.92 Å². The molecule has 0 unspecified atom stereocenters. The number of alkyl halides is 3. The second kappa shape index (κ2) is 4.75. The summed E-state index contributed by atoms with van der Waals surface area (Å²) in [5.41, 5.74) is 0.740. The molecule has 1 rings (SSSR count). The molecule has 0 N–H and O–H groups in total. The summed E-state index contributed by atoms with van der Waals surface area (Å²) < 4.78 is 39.6. The molecular formula is C10H10ClF3O. The molecule has 0 aromatic heterocycles. The minimum atomic E-state index is -4.67. The third kappa shape index (κ3) is 4.42. The highest BCUT2D eigenvalue weighted by molar-refractivity contribution is 6.30. The van der Waals surface area contributed by atoms with Crippen molar-refractivity contribution >= 4 is 11.6 Å². The fourth-order valence-electron chi connectivity index (χ4n) is 1.25. The van der Waals surface area contributed by atoms with Crippen molar-refractivity contribution in [3.63, 3.8) is 0 Å². The number of rotatable bonds is 3. The Balaban J connectivity index is 2.88. The van der Waals surface area contributed by atoms with Crippen molar-refractivity contribution in [3.05, 3.63) is 28.8 Å². The zero-order valence-electron chi connectivity index (χ0n) is 8.07. The van der Waals surface area contributed by atoms with Gasteiger partial charge in [0.05, 0.1) is 0 Å². The van der Waals surface area contributed by atoms with Crippen molar-refractivity contribution in [2.45, 2.75) is 26.1 Å². The Bertz CT molecular complexity index is 336. The van der Waals surface area contributed by atoms with Crippen LogP contribution in [-0.4, -0.2) is 6.36 Å². The molecule has 0 radical (unpaired) electrons. The Labute approximate surface area is 90.8 Å². The molecule has 0 saturated carbocycles. The van der Waals surface area contributed by atoms with Gasteiger partial charge < -0.3 is 4.74 Å². The maximum atomic E-state index is 11.9. The summed E-state index contributed by atoms with van der Waals surface area (Å²) in [7, 11) is 0. The van der Waals surface area contributed by atoms with Gasteiger partial charge in [0.2, 0.25) is 0 Å². The third-order valence-corrected chi connectivity index (χ3v) is 1.92. The maximum absolute atomic E-state index is 11.9. The zero-order chi connectivity index (χ0) is 11.5. The zero-order valence-corrected chi connectivity index (χ0v) is 8.82. The van der Waals surface area contributed by atoms with E-state index >= 15 is 0 Å². The quantitative estimate of drug-likeness (QED) is 0.767. The molecule has 0 fully saturated rings. The Morgan fingerprint density at radius 3 is 2.47 bits per heavy atom. The normalized spacial score (nSPS) is 11.5. The van der Waals surface area contributed by atoms with Crippen LogP contribution in [0.1, 0.15) is 18.9 Å². The molecule has 0 aliphatic rings. The summed E-state index contributed by atoms with van der Waals surface area (Å²) in [5, 5.41) is 0.250. The van der Waals surface area contributed by atoms with E-state index in [9.17, 15) is 13.2 Å². The summed E-state index contributed by atoms with van der Waals surface area (Å²) in [4.78, 5) is 0. The van der Waals surface area contributed by atoms with E-state index in [0.717, 1.165) is 18.1 Å². The SMILES string of the molecule is CCCc1cc(Cl)cc(OC(F)(F)F)c1. The van der Waals surface area contributed by atoms with Crippen LogP contribution in [0.25, 0.3) is 0 Å². The molecule has 0 heterocycles. The average molecular weight is 239 g/mol. The summed E-state index contributed by atoms with van der Waals surface area (Å²) in [6.07, 6.45) is -3.16. The molecule has 1 aromatic rings. The predicted molar refractivity (Wildman–Crippen MR) is 52.1 cm³/mol. The van der Waals surface area contributed by atoms with E-state index in [4.69, 9.17) is 11.6 Å². The van der Waals surface area contributed by atoms with E-state index in [-0.39, 0.29) is 10.8 Å². The van der Waals surface area contributed by atoms with Gasteiger partial charge in [-0.15, -0.1) is 13.2 Å². The first-order valence-electron chi connectivity index (χ1n) is 4.46. The molecule has 0 aliphatic heterocycles. The number of hydrogen-bond donors (Lipinski definition) is 0. The molecule has 0 atom stereocenters. The standard InChI is InChI=1S/C10H10ClF3O/c1-2-3-7-4-8(11)6-9(5-7)15-10(12,13)14/h4-6H,2-3H2,1H3. The summed E-state index contributed by atoms with van der Waals surface area (Å²) in [5.74, 6) is -0.265. The Morgan fingerprint density at radius 1 is 1.27 bits per heavy atom. The van der Waals surface area contributed by atoms with E-state index < -0.39 is 6.36 Å². The van der Waals surface area contributed by atoms with Crippen LogP contribution in [0.15, 0.2) is 18.2 Å². The van der Waals surface area contributed by atoms with E-state index in [2.05, 4.69) is 4.74 Å². The molecule has 5 heteroatoms.